The summed E-state index contributed by atoms with van der Waals surface area (Å²) < 4.78 is 12.9. The van der Waals surface area contributed by atoms with Crippen LogP contribution in [0, 0.1) is 35.5 Å². The second-order valence-electron chi connectivity index (χ2n) is 14.1. The molecule has 1 N–H and O–H groups in total. The quantitative estimate of drug-likeness (QED) is 0.159. The van der Waals surface area contributed by atoms with E-state index in [4.69, 9.17) is 14.3 Å². The number of aliphatic imine (C=N–C) groups is 1. The first kappa shape index (κ1) is 38.3. The van der Waals surface area contributed by atoms with Gasteiger partial charge in [-0.15, -0.1) is 0 Å². The van der Waals surface area contributed by atoms with Gasteiger partial charge in [0.25, 0.3) is 0 Å². The summed E-state index contributed by atoms with van der Waals surface area (Å²) in [6.45, 7) is 18.7. The van der Waals surface area contributed by atoms with Crippen LogP contribution in [0.5, 0.6) is 0 Å². The molecule has 0 spiro atoms. The van der Waals surface area contributed by atoms with Crippen molar-refractivity contribution in [1.29, 1.82) is 0 Å². The van der Waals surface area contributed by atoms with Gasteiger partial charge in [0.2, 0.25) is 5.91 Å². The number of allylic oxidation sites excluding steroid dienone is 1. The van der Waals surface area contributed by atoms with Gasteiger partial charge in [0.05, 0.1) is 17.9 Å². The van der Waals surface area contributed by atoms with Gasteiger partial charge in [-0.1, -0.05) is 74.8 Å². The van der Waals surface area contributed by atoms with E-state index in [0.29, 0.717) is 37.1 Å². The van der Waals surface area contributed by atoms with Gasteiger partial charge in [0.1, 0.15) is 30.0 Å². The highest BCUT2D eigenvalue weighted by atomic mass is 16.6. The van der Waals surface area contributed by atoms with Gasteiger partial charge in [-0.3, -0.25) is 14.4 Å². The number of amides is 1. The highest BCUT2D eigenvalue weighted by Crippen LogP contribution is 2.44. The molecule has 2 bridgehead atoms. The molecule has 1 amide bonds. The van der Waals surface area contributed by atoms with Crippen molar-refractivity contribution in [1.82, 2.24) is 0 Å². The lowest BCUT2D eigenvalue weighted by Gasteiger charge is -2.45. The molecule has 2 aliphatic heterocycles. The lowest BCUT2D eigenvalue weighted by molar-refractivity contribution is -0.178. The zero-order valence-electron chi connectivity index (χ0n) is 30.0. The van der Waals surface area contributed by atoms with Crippen LogP contribution in [-0.4, -0.2) is 58.1 Å². The Morgan fingerprint density at radius 3 is 2.34 bits per heavy atom. The van der Waals surface area contributed by atoms with E-state index in [1.807, 2.05) is 84.9 Å². The maximum absolute atomic E-state index is 14.1. The van der Waals surface area contributed by atoms with E-state index in [2.05, 4.69) is 10.1 Å². The van der Waals surface area contributed by atoms with Gasteiger partial charge in [-0.2, -0.15) is 0 Å². The maximum Gasteiger partial charge on any atom is 0.316 e. The fraction of sp³-hybridized carbons (Fsp3) is 0.658. The lowest BCUT2D eigenvalue weighted by atomic mass is 9.66. The number of esters is 1. The maximum atomic E-state index is 14.1. The van der Waals surface area contributed by atoms with Crippen molar-refractivity contribution in [3.05, 3.63) is 47.5 Å². The molecular weight excluding hydrogens is 596 g/mol. The average Bonchev–Trinajstić information content (AvgIpc) is 3.04. The van der Waals surface area contributed by atoms with Crippen LogP contribution in [0.4, 0.5) is 0 Å². The molecule has 2 fully saturated rings. The van der Waals surface area contributed by atoms with E-state index in [1.54, 1.807) is 13.8 Å². The Morgan fingerprint density at radius 2 is 1.74 bits per heavy atom. The summed E-state index contributed by atoms with van der Waals surface area (Å²) in [5, 5.41) is 16.9. The van der Waals surface area contributed by atoms with Crippen molar-refractivity contribution in [2.24, 2.45) is 45.7 Å². The molecule has 0 radical (unpaired) electrons. The third-order valence-electron chi connectivity index (χ3n) is 10.5. The summed E-state index contributed by atoms with van der Waals surface area (Å²) in [6.07, 6.45) is 2.69. The Hall–Kier alpha value is -3.17. The van der Waals surface area contributed by atoms with E-state index in [1.165, 1.54) is 6.92 Å². The van der Waals surface area contributed by atoms with Gasteiger partial charge in [-0.25, -0.2) is 4.99 Å². The molecule has 9 nitrogen and oxygen atoms in total. The first-order chi connectivity index (χ1) is 22.1. The van der Waals surface area contributed by atoms with Crippen LogP contribution in [-0.2, 0) is 35.3 Å². The number of carbonyl (C=O) groups is 3. The van der Waals surface area contributed by atoms with E-state index < -0.39 is 46.9 Å². The summed E-state index contributed by atoms with van der Waals surface area (Å²) >= 11 is 0. The molecule has 1 aromatic rings. The third-order valence-corrected chi connectivity index (χ3v) is 10.5. The predicted molar refractivity (Wildman–Crippen MR) is 184 cm³/mol. The van der Waals surface area contributed by atoms with Crippen molar-refractivity contribution in [2.45, 2.75) is 119 Å². The second-order valence-corrected chi connectivity index (χ2v) is 14.1. The molecule has 9 heteroatoms. The van der Waals surface area contributed by atoms with Gasteiger partial charge < -0.3 is 19.4 Å². The molecule has 2 saturated heterocycles. The SMILES string of the molecule is C/C=C(/C)[C@@H]1[C@@H](C)C(=O)[C@@H](C)C(=O)O[C@H](CC)[C@@](C)(O)[C@@H]2CC/C(=N\OCc3ccccc3)CO[C@]1(C)C[C@@H](C)/C(=N\C(C)=O)[C@@H]2C. The molecule has 1 aromatic carbocycles. The highest BCUT2D eigenvalue weighted by molar-refractivity contribution is 6.00. The first-order valence-corrected chi connectivity index (χ1v) is 17.1. The Bertz CT molecular complexity index is 1350. The fourth-order valence-corrected chi connectivity index (χ4v) is 7.93. The Kier molecular flexibility index (Phi) is 13.3. The summed E-state index contributed by atoms with van der Waals surface area (Å²) in [4.78, 5) is 50.7. The van der Waals surface area contributed by atoms with Crippen LogP contribution in [0.1, 0.15) is 100 Å². The number of fused-ring (bicyclic) bond motifs is 5. The molecule has 0 saturated carbocycles. The first-order valence-electron chi connectivity index (χ1n) is 17.1. The van der Waals surface area contributed by atoms with Crippen molar-refractivity contribution < 1.29 is 33.8 Å². The number of Topliss-reactive ketones (excluding diaryl/α,β-unsaturated/α-hetero) is 1. The zero-order valence-corrected chi connectivity index (χ0v) is 30.0. The van der Waals surface area contributed by atoms with Crippen LogP contribution in [0.2, 0.25) is 0 Å². The van der Waals surface area contributed by atoms with Crippen LogP contribution in [0.3, 0.4) is 0 Å². The summed E-state index contributed by atoms with van der Waals surface area (Å²) in [5.41, 5.74) is 0.767. The van der Waals surface area contributed by atoms with E-state index >= 15 is 0 Å². The normalized spacial score (nSPS) is 36.7. The summed E-state index contributed by atoms with van der Waals surface area (Å²) in [5.74, 6) is -4.42. The minimum absolute atomic E-state index is 0.136. The standard InChI is InChI=1S/C38H56N2O7/c1-11-23(3)33-26(6)35(42)27(7)36(43)47-32(12-2)38(10,44)31-19-18-30(40-46-21-29-16-14-13-15-17-29)22-45-37(33,9)20-24(4)34(25(31)5)39-28(8)41/h11,13-17,24-27,31-33,44H,12,18-22H2,1-10H3/b23-11-,39-34+,40-30+/t24-,25-,26-,27-,31-,32-,33-,37-,38+/m1/s1. The van der Waals surface area contributed by atoms with Crippen LogP contribution in [0.15, 0.2) is 52.1 Å². The van der Waals surface area contributed by atoms with Crippen LogP contribution < -0.4 is 0 Å². The van der Waals surface area contributed by atoms with Crippen LogP contribution >= 0.6 is 0 Å². The second kappa shape index (κ2) is 16.3. The Labute approximate surface area is 281 Å². The van der Waals surface area contributed by atoms with Crippen molar-refractivity contribution in [3.63, 3.8) is 0 Å². The predicted octanol–water partition coefficient (Wildman–Crippen LogP) is 6.90. The van der Waals surface area contributed by atoms with Crippen molar-refractivity contribution >= 4 is 29.1 Å². The number of rotatable bonds is 5. The fourth-order valence-electron chi connectivity index (χ4n) is 7.93. The van der Waals surface area contributed by atoms with E-state index in [0.717, 1.165) is 11.1 Å². The molecule has 9 atom stereocenters. The molecule has 0 aliphatic carbocycles. The summed E-state index contributed by atoms with van der Waals surface area (Å²) in [6, 6.07) is 9.77. The molecule has 0 unspecified atom stereocenters. The van der Waals surface area contributed by atoms with Gasteiger partial charge >= 0.3 is 5.97 Å². The number of carbonyl (C=O) groups excluding carboxylic acids is 3. The average molecular weight is 653 g/mol. The zero-order chi connectivity index (χ0) is 35.1. The van der Waals surface area contributed by atoms with Crippen molar-refractivity contribution in [2.75, 3.05) is 6.61 Å². The molecular formula is C38H56N2O7. The molecule has 0 aromatic heterocycles. The molecule has 2 aliphatic rings. The number of ketones is 1. The van der Waals surface area contributed by atoms with Crippen LogP contribution in [0.25, 0.3) is 0 Å². The van der Waals surface area contributed by atoms with E-state index in [9.17, 15) is 19.5 Å². The van der Waals surface area contributed by atoms with Gasteiger partial charge in [-0.05, 0) is 77.7 Å². The topological polar surface area (TPSA) is 124 Å². The van der Waals surface area contributed by atoms with Gasteiger partial charge in [0, 0.05) is 30.4 Å². The number of benzene rings is 1. The monoisotopic (exact) mass is 652 g/mol. The number of cyclic esters (lactones) is 1. The third kappa shape index (κ3) is 9.05. The number of ether oxygens (including phenoxy) is 2. The van der Waals surface area contributed by atoms with Gasteiger partial charge in [0.15, 0.2) is 0 Å². The lowest BCUT2D eigenvalue weighted by Crippen LogP contribution is -2.53. The molecule has 3 rings (SSSR count). The Morgan fingerprint density at radius 1 is 1.09 bits per heavy atom. The highest BCUT2D eigenvalue weighted by Gasteiger charge is 2.50. The minimum Gasteiger partial charge on any atom is -0.459 e. The van der Waals surface area contributed by atoms with Crippen molar-refractivity contribution in [3.8, 4) is 0 Å². The summed E-state index contributed by atoms with van der Waals surface area (Å²) in [7, 11) is 0. The number of hydrogen-bond donors (Lipinski definition) is 1. The number of hydrogen-bond acceptors (Lipinski definition) is 8. The largest absolute Gasteiger partial charge is 0.459 e. The number of oxime groups is 1. The van der Waals surface area contributed by atoms with E-state index in [-0.39, 0.29) is 36.7 Å². The number of aliphatic hydroxyl groups is 1. The Balaban J connectivity index is 2.30. The minimum atomic E-state index is -1.53. The smallest absolute Gasteiger partial charge is 0.316 e. The molecule has 260 valence electrons. The molecule has 2 heterocycles. The number of nitrogens with zero attached hydrogens (tertiary/aromatic N) is 2. The molecule has 47 heavy (non-hydrogen) atoms.